The number of esters is 1. The molecule has 0 bridgehead atoms. The molecule has 55 heavy (non-hydrogen) atoms. The summed E-state index contributed by atoms with van der Waals surface area (Å²) < 4.78 is 35.9. The van der Waals surface area contributed by atoms with Crippen LogP contribution in [0.2, 0.25) is 0 Å². The predicted octanol–water partition coefficient (Wildman–Crippen LogP) is -4.56. The maximum Gasteiger partial charge on any atom is 0.330 e. The molecule has 3 aliphatic carbocycles. The monoisotopic (exact) mass is 794 g/mol. The van der Waals surface area contributed by atoms with Crippen LogP contribution in [0.15, 0.2) is 12.2 Å². The van der Waals surface area contributed by atoms with Gasteiger partial charge in [-0.15, -0.1) is 0 Å². The lowest BCUT2D eigenvalue weighted by molar-refractivity contribution is -0.379. The lowest BCUT2D eigenvalue weighted by atomic mass is 9.72. The zero-order chi connectivity index (χ0) is 39.7. The Balaban J connectivity index is 1.22. The van der Waals surface area contributed by atoms with Crippen LogP contribution in [0.4, 0.5) is 0 Å². The van der Waals surface area contributed by atoms with Crippen LogP contribution in [0.5, 0.6) is 0 Å². The highest BCUT2D eigenvalue weighted by molar-refractivity contribution is 5.81. The summed E-state index contributed by atoms with van der Waals surface area (Å²) in [5, 5.41) is 126. The van der Waals surface area contributed by atoms with Crippen LogP contribution >= 0.6 is 0 Å². The van der Waals surface area contributed by atoms with Crippen LogP contribution in [0, 0.1) is 17.8 Å². The number of hydrogen-bond acceptors (Lipinski definition) is 19. The normalized spacial score (nSPS) is 51.1. The molecule has 0 aromatic heterocycles. The van der Waals surface area contributed by atoms with Crippen LogP contribution < -0.4 is 0 Å². The lowest BCUT2D eigenvalue weighted by Crippen LogP contribution is -2.66. The van der Waals surface area contributed by atoms with Crippen molar-refractivity contribution in [2.75, 3.05) is 13.2 Å². The molecule has 19 heteroatoms. The van der Waals surface area contributed by atoms with Gasteiger partial charge in [0.2, 0.25) is 0 Å². The molecule has 0 radical (unpaired) electrons. The number of carbonyl (C=O) groups excluding carboxylic acids is 1. The van der Waals surface area contributed by atoms with Crippen LogP contribution in [0.25, 0.3) is 0 Å². The van der Waals surface area contributed by atoms with Crippen molar-refractivity contribution in [2.24, 2.45) is 17.8 Å². The molecule has 316 valence electrons. The highest BCUT2D eigenvalue weighted by Gasteiger charge is 2.54. The molecule has 6 aliphatic rings. The minimum absolute atomic E-state index is 0.0924. The van der Waals surface area contributed by atoms with Crippen molar-refractivity contribution in [3.8, 4) is 0 Å². The number of fused-ring (bicyclic) bond motifs is 1. The van der Waals surface area contributed by atoms with Gasteiger partial charge in [-0.3, -0.25) is 0 Å². The summed E-state index contributed by atoms with van der Waals surface area (Å²) >= 11 is 0. The third-order valence-corrected chi connectivity index (χ3v) is 12.3. The number of allylic oxidation sites excluding steroid dienone is 1. The third kappa shape index (κ3) is 9.88. The van der Waals surface area contributed by atoms with E-state index in [0.717, 1.165) is 6.08 Å². The maximum atomic E-state index is 12.7. The number of carbonyl (C=O) groups is 1. The van der Waals surface area contributed by atoms with Crippen molar-refractivity contribution in [1.82, 2.24) is 0 Å². The van der Waals surface area contributed by atoms with Crippen LogP contribution in [0.3, 0.4) is 0 Å². The summed E-state index contributed by atoms with van der Waals surface area (Å²) in [6.45, 7) is -1.36. The molecule has 22 atom stereocenters. The Hall–Kier alpha value is -1.47. The second-order valence-electron chi connectivity index (χ2n) is 16.1. The van der Waals surface area contributed by atoms with E-state index in [4.69, 9.17) is 28.4 Å². The molecular formula is C36H58O19. The van der Waals surface area contributed by atoms with Gasteiger partial charge in [0.05, 0.1) is 61.5 Å². The quantitative estimate of drug-likeness (QED) is 0.0732. The van der Waals surface area contributed by atoms with E-state index >= 15 is 0 Å². The maximum absolute atomic E-state index is 12.7. The van der Waals surface area contributed by atoms with Crippen molar-refractivity contribution in [1.29, 1.82) is 0 Å². The van der Waals surface area contributed by atoms with Crippen LogP contribution in [0.1, 0.15) is 57.8 Å². The molecule has 3 heterocycles. The predicted molar refractivity (Wildman–Crippen MR) is 181 cm³/mol. The van der Waals surface area contributed by atoms with E-state index < -0.39 is 141 Å². The van der Waals surface area contributed by atoms with Gasteiger partial charge in [-0.2, -0.15) is 0 Å². The first-order valence-corrected chi connectivity index (χ1v) is 19.4. The number of ether oxygens (including phenoxy) is 6. The Morgan fingerprint density at radius 1 is 0.618 bits per heavy atom. The Morgan fingerprint density at radius 2 is 1.29 bits per heavy atom. The van der Waals surface area contributed by atoms with Gasteiger partial charge in [0, 0.05) is 12.0 Å². The molecule has 0 amide bonds. The fourth-order valence-electron chi connectivity index (χ4n) is 8.97. The summed E-state index contributed by atoms with van der Waals surface area (Å²) in [6, 6.07) is 0. The molecule has 3 saturated heterocycles. The van der Waals surface area contributed by atoms with Gasteiger partial charge in [0.25, 0.3) is 0 Å². The molecule has 0 spiro atoms. The minimum Gasteiger partial charge on any atom is -0.460 e. The van der Waals surface area contributed by atoms with Gasteiger partial charge in [0.1, 0.15) is 55.4 Å². The van der Waals surface area contributed by atoms with E-state index in [9.17, 15) is 66.1 Å². The highest BCUT2D eigenvalue weighted by Crippen LogP contribution is 2.44. The van der Waals surface area contributed by atoms with Crippen LogP contribution in [-0.4, -0.2) is 197 Å². The molecule has 3 saturated carbocycles. The van der Waals surface area contributed by atoms with Gasteiger partial charge in [-0.25, -0.2) is 4.79 Å². The largest absolute Gasteiger partial charge is 0.460 e. The molecule has 19 nitrogen and oxygen atoms in total. The van der Waals surface area contributed by atoms with E-state index in [-0.39, 0.29) is 50.4 Å². The Bertz CT molecular complexity index is 1270. The minimum atomic E-state index is -1.90. The number of aliphatic hydroxyl groups excluding tert-OH is 12. The third-order valence-electron chi connectivity index (χ3n) is 12.3. The van der Waals surface area contributed by atoms with E-state index in [1.54, 1.807) is 6.08 Å². The Labute approximate surface area is 317 Å². The molecule has 12 unspecified atom stereocenters. The fraction of sp³-hybridized carbons (Fsp3) is 0.917. The summed E-state index contributed by atoms with van der Waals surface area (Å²) in [5.41, 5.74) is 0. The van der Waals surface area contributed by atoms with E-state index in [1.165, 1.54) is 0 Å². The topological polar surface area (TPSA) is 315 Å². The molecule has 0 aromatic rings. The van der Waals surface area contributed by atoms with Crippen molar-refractivity contribution in [3.63, 3.8) is 0 Å². The number of aliphatic hydroxyl groups is 12. The molecule has 0 aromatic carbocycles. The summed E-state index contributed by atoms with van der Waals surface area (Å²) in [6.07, 6.45) is -19.7. The van der Waals surface area contributed by atoms with E-state index in [0.29, 0.717) is 19.3 Å². The second-order valence-corrected chi connectivity index (χ2v) is 16.1. The smallest absolute Gasteiger partial charge is 0.330 e. The van der Waals surface area contributed by atoms with Gasteiger partial charge < -0.3 is 89.7 Å². The van der Waals surface area contributed by atoms with Gasteiger partial charge in [-0.1, -0.05) is 6.08 Å². The van der Waals surface area contributed by atoms with Gasteiger partial charge in [-0.05, 0) is 69.6 Å². The standard InChI is InChI=1S/C36H58O19/c37-12-25-28(45)30(47)32(49)35(53-25)55-34-31(48)29(46)26(13-50-27(44)6-2-14-1-4-18(39)21(42)7-14)54-36(34)52-24-11-17-20(41)9-16(38)10-23(17)51-33(24)15-3-5-19(40)22(43)8-15/h2,6,14-26,28-43,45-49H,1,3-5,7-13H2/t14?,15?,16?,17?,18?,19?,20?,21?,22?,23?,24?,25-,26-,28-,29-,30+,31+,32-,33?,34-,35+,36-/m1/s1. The second kappa shape index (κ2) is 18.6. The van der Waals surface area contributed by atoms with Crippen molar-refractivity contribution in [2.45, 2.75) is 174 Å². The fourth-order valence-corrected chi connectivity index (χ4v) is 8.97. The van der Waals surface area contributed by atoms with E-state index in [1.807, 2.05) is 0 Å². The van der Waals surface area contributed by atoms with Crippen molar-refractivity contribution < 1.29 is 94.5 Å². The zero-order valence-corrected chi connectivity index (χ0v) is 30.4. The van der Waals surface area contributed by atoms with Crippen molar-refractivity contribution >= 4 is 5.97 Å². The summed E-state index contributed by atoms with van der Waals surface area (Å²) in [4.78, 5) is 12.7. The molecule has 6 fully saturated rings. The average Bonchev–Trinajstić information content (AvgIpc) is 3.15. The Kier molecular flexibility index (Phi) is 14.6. The molecule has 3 aliphatic heterocycles. The molecule has 6 rings (SSSR count). The van der Waals surface area contributed by atoms with Crippen LogP contribution in [-0.2, 0) is 33.2 Å². The first-order chi connectivity index (χ1) is 26.1. The lowest BCUT2D eigenvalue weighted by Gasteiger charge is -2.51. The summed E-state index contributed by atoms with van der Waals surface area (Å²) in [7, 11) is 0. The molecule has 12 N–H and O–H groups in total. The highest BCUT2D eigenvalue weighted by atomic mass is 16.8. The molecular weight excluding hydrogens is 736 g/mol. The van der Waals surface area contributed by atoms with E-state index in [2.05, 4.69) is 0 Å². The number of rotatable bonds is 10. The zero-order valence-electron chi connectivity index (χ0n) is 30.4. The first kappa shape index (κ1) is 43.1. The summed E-state index contributed by atoms with van der Waals surface area (Å²) in [5.74, 6) is -1.89. The van der Waals surface area contributed by atoms with Crippen molar-refractivity contribution in [3.05, 3.63) is 12.2 Å². The average molecular weight is 795 g/mol. The Morgan fingerprint density at radius 3 is 1.98 bits per heavy atom. The SMILES string of the molecule is O=C(C=CC1CCC(O)C(O)C1)OC[C@H]1O[C@@H](OC2CC3C(O)CC(O)CC3OC2C2CCC(O)C(O)C2)[C@H](O[C@@H]2O[C@H](CO)[C@@H](O)[C@H](O)[C@H]2O)[C@@H](O)[C@@H]1O. The van der Waals surface area contributed by atoms with Gasteiger partial charge in [0.15, 0.2) is 12.6 Å². The first-order valence-electron chi connectivity index (χ1n) is 19.4. The van der Waals surface area contributed by atoms with Gasteiger partial charge >= 0.3 is 5.97 Å². The number of hydrogen-bond donors (Lipinski definition) is 12.